The number of phenols is 1. The fourth-order valence-electron chi connectivity index (χ4n) is 4.26. The maximum absolute atomic E-state index is 13.2. The van der Waals surface area contributed by atoms with Crippen molar-refractivity contribution < 1.29 is 34.1 Å². The van der Waals surface area contributed by atoms with Gasteiger partial charge in [0.15, 0.2) is 5.92 Å². The van der Waals surface area contributed by atoms with Crippen molar-refractivity contribution in [2.24, 2.45) is 0 Å². The number of esters is 1. The van der Waals surface area contributed by atoms with Crippen LogP contribution in [-0.4, -0.2) is 61.1 Å². The average molecular weight is 485 g/mol. The average Bonchev–Trinajstić information content (AvgIpc) is 3.06. The Morgan fingerprint density at radius 3 is 2.38 bits per heavy atom. The second kappa shape index (κ2) is 9.02. The second-order valence-electron chi connectivity index (χ2n) is 8.70. The number of nitrogens with one attached hydrogen (secondary N) is 1. The van der Waals surface area contributed by atoms with Gasteiger partial charge in [-0.05, 0) is 37.1 Å². The number of aromatic hydroxyl groups is 1. The lowest BCUT2D eigenvalue weighted by Gasteiger charge is -2.43. The number of nitrogens with zero attached hydrogens (tertiary/aromatic N) is 1. The molecule has 34 heavy (non-hydrogen) atoms. The predicted molar refractivity (Wildman–Crippen MR) is 123 cm³/mol. The number of carbonyl (C=O) groups excluding carboxylic acids is 3. The number of β-lactam (4-membered cyclic amide) rings is 1. The van der Waals surface area contributed by atoms with Crippen LogP contribution in [0.1, 0.15) is 30.9 Å². The van der Waals surface area contributed by atoms with E-state index in [4.69, 9.17) is 4.74 Å². The molecule has 0 aromatic heterocycles. The highest BCUT2D eigenvalue weighted by atomic mass is 32.2. The van der Waals surface area contributed by atoms with E-state index in [2.05, 4.69) is 5.32 Å². The number of hydrogen-bond acceptors (Lipinski definition) is 7. The van der Waals surface area contributed by atoms with Crippen LogP contribution < -0.4 is 5.32 Å². The molecule has 0 radical (unpaired) electrons. The molecule has 2 amide bonds. The third kappa shape index (κ3) is 4.33. The fraction of sp³-hybridized carbons (Fsp3) is 0.333. The summed E-state index contributed by atoms with van der Waals surface area (Å²) in [6.07, 6.45) is 0. The molecule has 0 aliphatic carbocycles. The van der Waals surface area contributed by atoms with Gasteiger partial charge in [-0.15, -0.1) is 11.8 Å². The van der Waals surface area contributed by atoms with Crippen LogP contribution in [0.2, 0.25) is 0 Å². The summed E-state index contributed by atoms with van der Waals surface area (Å²) < 4.78 is 4.64. The fourth-order valence-corrected chi connectivity index (χ4v) is 5.88. The summed E-state index contributed by atoms with van der Waals surface area (Å²) >= 11 is 1.29. The lowest BCUT2D eigenvalue weighted by atomic mass is 9.94. The SMILES string of the molecule is CC1(C)S[C@@H]2C(NC(=O)C(C(=O)OCc3ccccc3)c3ccc(O)cc3)C(=O)N2[C@H]1C(=O)O. The largest absolute Gasteiger partial charge is 0.508 e. The monoisotopic (exact) mass is 484 g/mol. The molecule has 2 aliphatic heterocycles. The Bertz CT molecular complexity index is 1120. The Balaban J connectivity index is 1.52. The zero-order valence-corrected chi connectivity index (χ0v) is 19.3. The summed E-state index contributed by atoms with van der Waals surface area (Å²) in [6.45, 7) is 3.44. The topological polar surface area (TPSA) is 133 Å². The van der Waals surface area contributed by atoms with E-state index in [1.54, 1.807) is 38.1 Å². The minimum Gasteiger partial charge on any atom is -0.508 e. The van der Waals surface area contributed by atoms with Crippen molar-refractivity contribution >= 4 is 35.5 Å². The van der Waals surface area contributed by atoms with Gasteiger partial charge in [-0.1, -0.05) is 42.5 Å². The first-order valence-corrected chi connectivity index (χ1v) is 11.5. The smallest absolute Gasteiger partial charge is 0.327 e. The van der Waals surface area contributed by atoms with Crippen molar-refractivity contribution in [2.45, 2.75) is 48.6 Å². The van der Waals surface area contributed by atoms with Gasteiger partial charge in [0, 0.05) is 4.75 Å². The maximum Gasteiger partial charge on any atom is 0.327 e. The third-order valence-electron chi connectivity index (χ3n) is 5.92. The van der Waals surface area contributed by atoms with Crippen LogP contribution in [0.25, 0.3) is 0 Å². The van der Waals surface area contributed by atoms with Crippen LogP contribution in [0.5, 0.6) is 5.75 Å². The minimum absolute atomic E-state index is 0.0327. The molecule has 0 spiro atoms. The van der Waals surface area contributed by atoms with E-state index in [-0.39, 0.29) is 12.4 Å². The summed E-state index contributed by atoms with van der Waals surface area (Å²) in [5, 5.41) is 21.2. The number of carboxylic acids is 1. The number of rotatable bonds is 7. The van der Waals surface area contributed by atoms with Crippen molar-refractivity contribution in [3.8, 4) is 5.75 Å². The number of carboxylic acid groups (broad SMARTS) is 1. The first-order chi connectivity index (χ1) is 16.1. The zero-order valence-electron chi connectivity index (χ0n) is 18.5. The van der Waals surface area contributed by atoms with Crippen molar-refractivity contribution in [3.05, 3.63) is 65.7 Å². The van der Waals surface area contributed by atoms with E-state index in [0.717, 1.165) is 5.56 Å². The van der Waals surface area contributed by atoms with E-state index in [1.807, 2.05) is 6.07 Å². The molecule has 3 N–H and O–H groups in total. The molecule has 2 saturated heterocycles. The van der Waals surface area contributed by atoms with Crippen molar-refractivity contribution in [1.29, 1.82) is 0 Å². The third-order valence-corrected chi connectivity index (χ3v) is 7.49. The molecule has 2 unspecified atom stereocenters. The zero-order chi connectivity index (χ0) is 24.6. The number of ether oxygens (including phenoxy) is 1. The number of fused-ring (bicyclic) bond motifs is 1. The van der Waals surface area contributed by atoms with Gasteiger partial charge in [0.1, 0.15) is 29.8 Å². The molecule has 2 fully saturated rings. The first kappa shape index (κ1) is 23.6. The quantitative estimate of drug-likeness (QED) is 0.308. The predicted octanol–water partition coefficient (Wildman–Crippen LogP) is 1.85. The number of benzene rings is 2. The number of amides is 2. The normalized spacial score (nSPS) is 23.4. The first-order valence-electron chi connectivity index (χ1n) is 10.6. The Hall–Kier alpha value is -3.53. The molecule has 4 rings (SSSR count). The van der Waals surface area contributed by atoms with Crippen molar-refractivity contribution in [1.82, 2.24) is 10.2 Å². The van der Waals surface area contributed by atoms with Gasteiger partial charge < -0.3 is 25.2 Å². The Morgan fingerprint density at radius 2 is 1.76 bits per heavy atom. The molecular weight excluding hydrogens is 460 g/mol. The minimum atomic E-state index is -1.37. The van der Waals surface area contributed by atoms with Crippen LogP contribution in [-0.2, 0) is 30.5 Å². The van der Waals surface area contributed by atoms with E-state index < -0.39 is 51.9 Å². The van der Waals surface area contributed by atoms with Crippen molar-refractivity contribution in [3.63, 3.8) is 0 Å². The van der Waals surface area contributed by atoms with Crippen LogP contribution in [0.15, 0.2) is 54.6 Å². The molecule has 10 heteroatoms. The molecule has 2 aliphatic rings. The van der Waals surface area contributed by atoms with E-state index in [9.17, 15) is 29.4 Å². The number of hydrogen-bond donors (Lipinski definition) is 3. The summed E-state index contributed by atoms with van der Waals surface area (Å²) in [4.78, 5) is 51.9. The summed E-state index contributed by atoms with van der Waals surface area (Å²) in [5.74, 6) is -4.57. The van der Waals surface area contributed by atoms with E-state index in [1.165, 1.54) is 40.9 Å². The lowest BCUT2D eigenvalue weighted by molar-refractivity contribution is -0.161. The molecule has 9 nitrogen and oxygen atoms in total. The number of carbonyl (C=O) groups is 4. The van der Waals surface area contributed by atoms with Crippen LogP contribution >= 0.6 is 11.8 Å². The molecule has 2 heterocycles. The number of thioether (sulfide) groups is 1. The Morgan fingerprint density at radius 1 is 1.12 bits per heavy atom. The van der Waals surface area contributed by atoms with Gasteiger partial charge in [0.25, 0.3) is 0 Å². The summed E-state index contributed by atoms with van der Waals surface area (Å²) in [7, 11) is 0. The van der Waals surface area contributed by atoms with Crippen LogP contribution in [0.3, 0.4) is 0 Å². The molecule has 2 aromatic carbocycles. The van der Waals surface area contributed by atoms with Gasteiger partial charge in [-0.3, -0.25) is 14.4 Å². The number of aliphatic carboxylic acids is 1. The van der Waals surface area contributed by atoms with Gasteiger partial charge in [0.05, 0.1) is 0 Å². The van der Waals surface area contributed by atoms with E-state index >= 15 is 0 Å². The number of phenolic OH excluding ortho intramolecular Hbond substituents is 1. The highest BCUT2D eigenvalue weighted by Crippen LogP contribution is 2.50. The summed E-state index contributed by atoms with van der Waals surface area (Å²) in [6, 6.07) is 12.6. The van der Waals surface area contributed by atoms with Crippen molar-refractivity contribution in [2.75, 3.05) is 0 Å². The Labute approximate surface area is 200 Å². The molecule has 178 valence electrons. The van der Waals surface area contributed by atoms with Gasteiger partial charge in [-0.2, -0.15) is 0 Å². The van der Waals surface area contributed by atoms with Crippen LogP contribution in [0, 0.1) is 0 Å². The molecule has 4 atom stereocenters. The molecule has 0 bridgehead atoms. The van der Waals surface area contributed by atoms with E-state index in [0.29, 0.717) is 5.56 Å². The molecular formula is C24H24N2O7S. The standard InChI is InChI=1S/C24H24N2O7S/c1-24(2)18(22(30)31)26-20(29)17(21(26)34-24)25-19(28)16(14-8-10-15(27)11-9-14)23(32)33-12-13-6-4-3-5-7-13/h3-11,16-18,21,27H,12H2,1-2H3,(H,25,28)(H,30,31)/t16?,17?,18-,21+/m0/s1. The van der Waals surface area contributed by atoms with Gasteiger partial charge in [-0.25, -0.2) is 4.79 Å². The highest BCUT2D eigenvalue weighted by Gasteiger charge is 2.64. The molecule has 0 saturated carbocycles. The Kier molecular flexibility index (Phi) is 6.26. The second-order valence-corrected chi connectivity index (χ2v) is 10.5. The summed E-state index contributed by atoms with van der Waals surface area (Å²) in [5.41, 5.74) is 1.04. The highest BCUT2D eigenvalue weighted by molar-refractivity contribution is 8.01. The van der Waals surface area contributed by atoms with Crippen LogP contribution in [0.4, 0.5) is 0 Å². The van der Waals surface area contributed by atoms with Gasteiger partial charge in [0.2, 0.25) is 11.8 Å². The lowest BCUT2D eigenvalue weighted by Crippen LogP contribution is -2.71. The van der Waals surface area contributed by atoms with Gasteiger partial charge >= 0.3 is 11.9 Å². The maximum atomic E-state index is 13.2. The molecule has 2 aromatic rings.